The van der Waals surface area contributed by atoms with Gasteiger partial charge >= 0.3 is 6.18 Å². The van der Waals surface area contributed by atoms with Crippen molar-refractivity contribution in [3.05, 3.63) is 82.9 Å². The van der Waals surface area contributed by atoms with Crippen LogP contribution >= 0.6 is 11.6 Å². The Hall–Kier alpha value is -2.97. The summed E-state index contributed by atoms with van der Waals surface area (Å²) in [6.45, 7) is 0.799. The number of carbonyl (C=O) groups is 1. The topological polar surface area (TPSA) is 66.9 Å². The second-order valence-corrected chi connectivity index (χ2v) is 7.95. The van der Waals surface area contributed by atoms with Crippen molar-refractivity contribution in [3.8, 4) is 11.1 Å². The molecule has 3 aromatic rings. The zero-order valence-electron chi connectivity index (χ0n) is 16.9. The fourth-order valence-corrected chi connectivity index (χ4v) is 4.24. The molecule has 2 atom stereocenters. The molecule has 0 radical (unpaired) electrons. The van der Waals surface area contributed by atoms with E-state index in [-0.39, 0.29) is 11.6 Å². The molecule has 9 heteroatoms. The average molecular weight is 461 g/mol. The monoisotopic (exact) mass is 460 g/mol. The van der Waals surface area contributed by atoms with Crippen molar-refractivity contribution in [2.45, 2.75) is 31.1 Å². The molecule has 0 aliphatic carbocycles. The molecule has 0 spiro atoms. The van der Waals surface area contributed by atoms with Gasteiger partial charge in [-0.1, -0.05) is 35.9 Å². The third-order valence-electron chi connectivity index (χ3n) is 5.48. The highest BCUT2D eigenvalue weighted by molar-refractivity contribution is 6.34. The van der Waals surface area contributed by atoms with E-state index in [9.17, 15) is 18.0 Å². The fourth-order valence-electron chi connectivity index (χ4n) is 3.92. The zero-order valence-corrected chi connectivity index (χ0v) is 17.6. The van der Waals surface area contributed by atoms with Gasteiger partial charge in [-0.05, 0) is 48.7 Å². The highest BCUT2D eigenvalue weighted by Crippen LogP contribution is 2.36. The summed E-state index contributed by atoms with van der Waals surface area (Å²) < 4.78 is 39.7. The molecule has 0 bridgehead atoms. The average Bonchev–Trinajstić information content (AvgIpc) is 3.32. The van der Waals surface area contributed by atoms with Crippen LogP contribution < -0.4 is 10.6 Å². The summed E-state index contributed by atoms with van der Waals surface area (Å²) in [7, 11) is 0. The Morgan fingerprint density at radius 1 is 1.12 bits per heavy atom. The molecular weight excluding hydrogens is 441 g/mol. The van der Waals surface area contributed by atoms with Gasteiger partial charge in [0.1, 0.15) is 6.33 Å². The highest BCUT2D eigenvalue weighted by Gasteiger charge is 2.35. The lowest BCUT2D eigenvalue weighted by molar-refractivity contribution is -0.137. The van der Waals surface area contributed by atoms with Crippen molar-refractivity contribution in [3.63, 3.8) is 0 Å². The molecule has 1 unspecified atom stereocenters. The molecule has 1 aromatic heterocycles. The summed E-state index contributed by atoms with van der Waals surface area (Å²) >= 11 is 5.97. The minimum atomic E-state index is -4.65. The van der Waals surface area contributed by atoms with Crippen LogP contribution in [0.5, 0.6) is 0 Å². The van der Waals surface area contributed by atoms with Crippen molar-refractivity contribution in [1.82, 2.24) is 20.6 Å². The number of halogens is 4. The van der Waals surface area contributed by atoms with Crippen LogP contribution in [0.3, 0.4) is 0 Å². The molecule has 1 fully saturated rings. The van der Waals surface area contributed by atoms with Crippen LogP contribution in [0.4, 0.5) is 13.2 Å². The number of rotatable bonds is 5. The standard InChI is InChI=1S/C23H20ClF3N4O/c24-20-17(6-2-7-18(20)23(25,26)27)22(32)31-21(19-8-3-9-30-19)15-5-1-4-14(10-15)16-11-28-13-29-12-16/h1-2,4-7,10-13,19,21,30H,3,8-9H2,(H,31,32)/t19-,21?/m0/s1. The highest BCUT2D eigenvalue weighted by atomic mass is 35.5. The van der Waals surface area contributed by atoms with Gasteiger partial charge < -0.3 is 10.6 Å². The number of aromatic nitrogens is 2. The van der Waals surface area contributed by atoms with Gasteiger partial charge in [-0.15, -0.1) is 0 Å². The van der Waals surface area contributed by atoms with Crippen LogP contribution in [0.2, 0.25) is 5.02 Å². The first-order valence-corrected chi connectivity index (χ1v) is 10.5. The molecule has 32 heavy (non-hydrogen) atoms. The van der Waals surface area contributed by atoms with E-state index in [1.54, 1.807) is 12.4 Å². The Kier molecular flexibility index (Phi) is 6.43. The van der Waals surface area contributed by atoms with Gasteiger partial charge in [0, 0.05) is 24.0 Å². The van der Waals surface area contributed by atoms with E-state index in [4.69, 9.17) is 11.6 Å². The van der Waals surface area contributed by atoms with Crippen molar-refractivity contribution < 1.29 is 18.0 Å². The number of alkyl halides is 3. The van der Waals surface area contributed by atoms with E-state index in [2.05, 4.69) is 20.6 Å². The number of benzene rings is 2. The predicted molar refractivity (Wildman–Crippen MR) is 115 cm³/mol. The van der Waals surface area contributed by atoms with Crippen LogP contribution in [0.25, 0.3) is 11.1 Å². The number of hydrogen-bond acceptors (Lipinski definition) is 4. The summed E-state index contributed by atoms with van der Waals surface area (Å²) in [6, 6.07) is 10.4. The normalized spacial score (nSPS) is 17.2. The van der Waals surface area contributed by atoms with Gasteiger partial charge in [0.2, 0.25) is 0 Å². The van der Waals surface area contributed by atoms with E-state index in [0.717, 1.165) is 42.1 Å². The molecule has 2 aromatic carbocycles. The minimum absolute atomic E-state index is 0.0641. The van der Waals surface area contributed by atoms with Crippen molar-refractivity contribution in [2.75, 3.05) is 6.54 Å². The lowest BCUT2D eigenvalue weighted by Gasteiger charge is -2.26. The third-order valence-corrected chi connectivity index (χ3v) is 5.88. The van der Waals surface area contributed by atoms with Crippen LogP contribution in [0, 0.1) is 0 Å². The minimum Gasteiger partial charge on any atom is -0.344 e. The molecule has 2 N–H and O–H groups in total. The van der Waals surface area contributed by atoms with E-state index in [0.29, 0.717) is 0 Å². The number of nitrogens with zero attached hydrogens (tertiary/aromatic N) is 2. The van der Waals surface area contributed by atoms with Gasteiger partial charge in [-0.2, -0.15) is 13.2 Å². The first-order valence-electron chi connectivity index (χ1n) is 10.1. The maximum Gasteiger partial charge on any atom is 0.417 e. The van der Waals surface area contributed by atoms with Crippen molar-refractivity contribution >= 4 is 17.5 Å². The van der Waals surface area contributed by atoms with Gasteiger partial charge in [-0.25, -0.2) is 9.97 Å². The molecule has 1 aliphatic heterocycles. The van der Waals surface area contributed by atoms with Gasteiger partial charge in [0.15, 0.2) is 0 Å². The predicted octanol–water partition coefficient (Wildman–Crippen LogP) is 5.04. The first kappa shape index (κ1) is 22.2. The summed E-state index contributed by atoms with van der Waals surface area (Å²) in [6.07, 6.45) is 1.93. The first-order chi connectivity index (χ1) is 15.3. The number of amides is 1. The Morgan fingerprint density at radius 3 is 2.56 bits per heavy atom. The molecule has 5 nitrogen and oxygen atoms in total. The second kappa shape index (κ2) is 9.26. The van der Waals surface area contributed by atoms with E-state index < -0.39 is 28.7 Å². The summed E-state index contributed by atoms with van der Waals surface area (Å²) in [5.74, 6) is -0.659. The second-order valence-electron chi connectivity index (χ2n) is 7.57. The molecule has 2 heterocycles. The lowest BCUT2D eigenvalue weighted by Crippen LogP contribution is -2.41. The number of hydrogen-bond donors (Lipinski definition) is 2. The van der Waals surface area contributed by atoms with Crippen LogP contribution in [-0.4, -0.2) is 28.5 Å². The Balaban J connectivity index is 1.67. The number of carbonyl (C=O) groups excluding carboxylic acids is 1. The largest absolute Gasteiger partial charge is 0.417 e. The molecular formula is C23H20ClF3N4O. The molecule has 1 amide bonds. The van der Waals surface area contributed by atoms with Crippen LogP contribution in [-0.2, 0) is 6.18 Å². The molecule has 166 valence electrons. The summed E-state index contributed by atoms with van der Waals surface area (Å²) in [5.41, 5.74) is 1.27. The Bertz CT molecular complexity index is 1100. The zero-order chi connectivity index (χ0) is 22.7. The van der Waals surface area contributed by atoms with E-state index in [1.165, 1.54) is 18.5 Å². The van der Waals surface area contributed by atoms with Crippen molar-refractivity contribution in [2.24, 2.45) is 0 Å². The number of nitrogens with one attached hydrogen (secondary N) is 2. The molecule has 1 saturated heterocycles. The lowest BCUT2D eigenvalue weighted by atomic mass is 9.94. The maximum absolute atomic E-state index is 13.2. The molecule has 0 saturated carbocycles. The van der Waals surface area contributed by atoms with E-state index in [1.807, 2.05) is 24.3 Å². The fraction of sp³-hybridized carbons (Fsp3) is 0.261. The summed E-state index contributed by atoms with van der Waals surface area (Å²) in [5, 5.41) is 5.67. The summed E-state index contributed by atoms with van der Waals surface area (Å²) in [4.78, 5) is 21.1. The Labute approximate surface area is 188 Å². The SMILES string of the molecule is O=C(NC(c1cccc(-c2cncnc2)c1)[C@@H]1CCCN1)c1cccc(C(F)(F)F)c1Cl. The van der Waals surface area contributed by atoms with E-state index >= 15 is 0 Å². The van der Waals surface area contributed by atoms with Crippen LogP contribution in [0.1, 0.15) is 40.4 Å². The smallest absolute Gasteiger partial charge is 0.344 e. The van der Waals surface area contributed by atoms with Crippen LogP contribution in [0.15, 0.2) is 61.2 Å². The maximum atomic E-state index is 13.2. The van der Waals surface area contributed by atoms with Crippen molar-refractivity contribution in [1.29, 1.82) is 0 Å². The third kappa shape index (κ3) is 4.76. The Morgan fingerprint density at radius 2 is 1.88 bits per heavy atom. The van der Waals surface area contributed by atoms with Gasteiger partial charge in [0.05, 0.1) is 22.2 Å². The van der Waals surface area contributed by atoms with Gasteiger partial charge in [-0.3, -0.25) is 4.79 Å². The molecule has 4 rings (SSSR count). The van der Waals surface area contributed by atoms with Gasteiger partial charge in [0.25, 0.3) is 5.91 Å². The quantitative estimate of drug-likeness (QED) is 0.560. The molecule has 1 aliphatic rings.